The molecule has 0 atom stereocenters. The number of fused-ring (bicyclic) bond motifs is 2. The predicted octanol–water partition coefficient (Wildman–Crippen LogP) is 0.854. The summed E-state index contributed by atoms with van der Waals surface area (Å²) >= 11 is 0. The third-order valence-electron chi connectivity index (χ3n) is 6.10. The number of anilines is 1. The van der Waals surface area contributed by atoms with Gasteiger partial charge >= 0.3 is 0 Å². The van der Waals surface area contributed by atoms with E-state index in [1.54, 1.807) is 0 Å². The van der Waals surface area contributed by atoms with Crippen LogP contribution in [0.25, 0.3) is 10.9 Å². The van der Waals surface area contributed by atoms with Crippen LogP contribution in [0.3, 0.4) is 0 Å². The lowest BCUT2D eigenvalue weighted by molar-refractivity contribution is 0.249. The molecule has 2 aromatic heterocycles. The number of aromatic nitrogens is 4. The van der Waals surface area contributed by atoms with Gasteiger partial charge in [0.15, 0.2) is 0 Å². The van der Waals surface area contributed by atoms with Gasteiger partial charge in [0.25, 0.3) is 5.56 Å². The van der Waals surface area contributed by atoms with Gasteiger partial charge in [-0.2, -0.15) is 5.10 Å². The lowest BCUT2D eigenvalue weighted by atomic mass is 10.1. The van der Waals surface area contributed by atoms with E-state index >= 15 is 0 Å². The first-order valence-corrected chi connectivity index (χ1v) is 10.3. The molecular weight excluding hydrogens is 368 g/mol. The molecule has 1 N–H and O–H groups in total. The standard InChI is InChI=1S/C21H26N6O2/c28-11-10-26-15-22-19-12-17(3-4-18(19)21(26)29)25-8-6-24(7-9-25)14-16-13-23-27-5-1-2-20(16)27/h3-4,12-13,15,28H,1-2,5-11,14H2. The van der Waals surface area contributed by atoms with Crippen LogP contribution in [0.5, 0.6) is 0 Å². The molecule has 4 heterocycles. The van der Waals surface area contributed by atoms with E-state index < -0.39 is 0 Å². The van der Waals surface area contributed by atoms with Crippen LogP contribution in [-0.2, 0) is 26.1 Å². The van der Waals surface area contributed by atoms with Crippen molar-refractivity contribution in [3.63, 3.8) is 0 Å². The Hall–Kier alpha value is -2.71. The van der Waals surface area contributed by atoms with Crippen LogP contribution >= 0.6 is 0 Å². The molecule has 8 heteroatoms. The van der Waals surface area contributed by atoms with Gasteiger partial charge in [0.2, 0.25) is 0 Å². The molecule has 3 aromatic rings. The van der Waals surface area contributed by atoms with Crippen LogP contribution in [0.1, 0.15) is 17.7 Å². The van der Waals surface area contributed by atoms with Crippen molar-refractivity contribution in [3.05, 3.63) is 52.3 Å². The Kier molecular flexibility index (Phi) is 4.81. The molecule has 0 bridgehead atoms. The fraction of sp³-hybridized carbons (Fsp3) is 0.476. The quantitative estimate of drug-likeness (QED) is 0.691. The van der Waals surface area contributed by atoms with Crippen LogP contribution in [0.2, 0.25) is 0 Å². The van der Waals surface area contributed by atoms with Crippen LogP contribution < -0.4 is 10.5 Å². The second-order valence-electron chi connectivity index (χ2n) is 7.87. The molecule has 0 aliphatic carbocycles. The summed E-state index contributed by atoms with van der Waals surface area (Å²) in [6.07, 6.45) is 5.93. The molecule has 29 heavy (non-hydrogen) atoms. The molecule has 5 rings (SSSR count). The average molecular weight is 394 g/mol. The fourth-order valence-electron chi connectivity index (χ4n) is 4.48. The fourth-order valence-corrected chi connectivity index (χ4v) is 4.48. The van der Waals surface area contributed by atoms with E-state index in [9.17, 15) is 4.79 Å². The van der Waals surface area contributed by atoms with E-state index in [2.05, 4.69) is 24.6 Å². The number of hydrogen-bond donors (Lipinski definition) is 1. The molecule has 152 valence electrons. The Balaban J connectivity index is 1.27. The van der Waals surface area contributed by atoms with Crippen molar-refractivity contribution in [2.75, 3.05) is 37.7 Å². The maximum Gasteiger partial charge on any atom is 0.261 e. The molecule has 0 radical (unpaired) electrons. The third-order valence-corrected chi connectivity index (χ3v) is 6.10. The van der Waals surface area contributed by atoms with E-state index in [1.165, 1.54) is 28.6 Å². The molecule has 0 spiro atoms. The molecular formula is C21H26N6O2. The minimum Gasteiger partial charge on any atom is -0.395 e. The summed E-state index contributed by atoms with van der Waals surface area (Å²) in [6, 6.07) is 5.87. The minimum absolute atomic E-state index is 0.0717. The van der Waals surface area contributed by atoms with Crippen molar-refractivity contribution in [1.29, 1.82) is 0 Å². The molecule has 1 fully saturated rings. The molecule has 1 aromatic carbocycles. The first kappa shape index (κ1) is 18.3. The van der Waals surface area contributed by atoms with Crippen LogP contribution in [0.15, 0.2) is 35.5 Å². The van der Waals surface area contributed by atoms with Crippen molar-refractivity contribution in [3.8, 4) is 0 Å². The van der Waals surface area contributed by atoms with Crippen LogP contribution in [0.4, 0.5) is 5.69 Å². The zero-order chi connectivity index (χ0) is 19.8. The lowest BCUT2D eigenvalue weighted by Crippen LogP contribution is -2.46. The molecule has 8 nitrogen and oxygen atoms in total. The molecule has 2 aliphatic heterocycles. The number of hydrogen-bond acceptors (Lipinski definition) is 6. The Bertz CT molecular complexity index is 1080. The Labute approximate surface area is 169 Å². The molecule has 0 saturated carbocycles. The SMILES string of the molecule is O=c1c2ccc(N3CCN(Cc4cnn5c4CCC5)CC3)cc2ncn1CCO. The number of benzene rings is 1. The van der Waals surface area contributed by atoms with Crippen molar-refractivity contribution in [2.24, 2.45) is 0 Å². The monoisotopic (exact) mass is 394 g/mol. The van der Waals surface area contributed by atoms with E-state index in [0.717, 1.165) is 51.4 Å². The third kappa shape index (κ3) is 3.42. The maximum absolute atomic E-state index is 12.5. The first-order chi connectivity index (χ1) is 14.2. The van der Waals surface area contributed by atoms with Gasteiger partial charge in [0, 0.05) is 56.2 Å². The predicted molar refractivity (Wildman–Crippen MR) is 111 cm³/mol. The summed E-state index contributed by atoms with van der Waals surface area (Å²) in [5.74, 6) is 0. The summed E-state index contributed by atoms with van der Waals surface area (Å²) in [5, 5.41) is 14.2. The second-order valence-corrected chi connectivity index (χ2v) is 7.87. The van der Waals surface area contributed by atoms with Crippen molar-refractivity contribution < 1.29 is 5.11 Å². The minimum atomic E-state index is -0.103. The number of aliphatic hydroxyl groups excluding tert-OH is 1. The van der Waals surface area contributed by atoms with Crippen molar-refractivity contribution >= 4 is 16.6 Å². The highest BCUT2D eigenvalue weighted by Gasteiger charge is 2.22. The van der Waals surface area contributed by atoms with E-state index in [-0.39, 0.29) is 18.7 Å². The van der Waals surface area contributed by atoms with E-state index in [4.69, 9.17) is 5.11 Å². The summed E-state index contributed by atoms with van der Waals surface area (Å²) in [4.78, 5) is 21.7. The summed E-state index contributed by atoms with van der Waals surface area (Å²) < 4.78 is 3.61. The van der Waals surface area contributed by atoms with Crippen molar-refractivity contribution in [2.45, 2.75) is 32.5 Å². The largest absolute Gasteiger partial charge is 0.395 e. The highest BCUT2D eigenvalue weighted by Crippen LogP contribution is 2.23. The van der Waals surface area contributed by atoms with Crippen molar-refractivity contribution in [1.82, 2.24) is 24.2 Å². The van der Waals surface area contributed by atoms with Gasteiger partial charge in [0.05, 0.1) is 36.6 Å². The Morgan fingerprint density at radius 1 is 1.10 bits per heavy atom. The smallest absolute Gasteiger partial charge is 0.261 e. The van der Waals surface area contributed by atoms with Gasteiger partial charge in [0.1, 0.15) is 0 Å². The molecule has 2 aliphatic rings. The average Bonchev–Trinajstić information content (AvgIpc) is 3.36. The molecule has 1 saturated heterocycles. The lowest BCUT2D eigenvalue weighted by Gasteiger charge is -2.36. The maximum atomic E-state index is 12.5. The van der Waals surface area contributed by atoms with Crippen LogP contribution in [0, 0.1) is 0 Å². The number of nitrogens with zero attached hydrogens (tertiary/aromatic N) is 6. The topological polar surface area (TPSA) is 79.4 Å². The van der Waals surface area contributed by atoms with Gasteiger partial charge in [-0.05, 0) is 31.0 Å². The zero-order valence-corrected chi connectivity index (χ0v) is 16.5. The number of piperazine rings is 1. The molecule has 0 unspecified atom stereocenters. The Morgan fingerprint density at radius 2 is 1.97 bits per heavy atom. The number of aryl methyl sites for hydroxylation is 1. The normalized spacial score (nSPS) is 17.2. The molecule has 0 amide bonds. The van der Waals surface area contributed by atoms with Gasteiger partial charge < -0.3 is 10.0 Å². The van der Waals surface area contributed by atoms with Gasteiger partial charge in [-0.1, -0.05) is 0 Å². The van der Waals surface area contributed by atoms with Gasteiger partial charge in [-0.3, -0.25) is 18.9 Å². The zero-order valence-electron chi connectivity index (χ0n) is 16.5. The van der Waals surface area contributed by atoms with Gasteiger partial charge in [-0.25, -0.2) is 4.98 Å². The number of aliphatic hydroxyl groups is 1. The summed E-state index contributed by atoms with van der Waals surface area (Å²) in [7, 11) is 0. The van der Waals surface area contributed by atoms with Crippen LogP contribution in [-0.4, -0.2) is 62.1 Å². The Morgan fingerprint density at radius 3 is 2.79 bits per heavy atom. The van der Waals surface area contributed by atoms with E-state index in [0.29, 0.717) is 10.9 Å². The second kappa shape index (κ2) is 7.61. The summed E-state index contributed by atoms with van der Waals surface area (Å²) in [6.45, 7) is 6.16. The summed E-state index contributed by atoms with van der Waals surface area (Å²) in [5.41, 5.74) is 4.51. The highest BCUT2D eigenvalue weighted by atomic mass is 16.3. The number of rotatable bonds is 5. The van der Waals surface area contributed by atoms with Gasteiger partial charge in [-0.15, -0.1) is 0 Å². The first-order valence-electron chi connectivity index (χ1n) is 10.3. The highest BCUT2D eigenvalue weighted by molar-refractivity contribution is 5.81. The van der Waals surface area contributed by atoms with E-state index in [1.807, 2.05) is 24.4 Å².